The molecule has 1 aromatic heterocycles. The molecule has 7 nitrogen and oxygen atoms in total. The number of benzene rings is 1. The Labute approximate surface area is 153 Å². The topological polar surface area (TPSA) is 87.9 Å². The number of para-hydroxylation sites is 1. The van der Waals surface area contributed by atoms with Crippen molar-refractivity contribution in [2.45, 2.75) is 13.3 Å². The number of aliphatic imine (C=N–C) groups is 1. The van der Waals surface area contributed by atoms with E-state index in [9.17, 15) is 4.79 Å². The van der Waals surface area contributed by atoms with Crippen molar-refractivity contribution in [3.05, 3.63) is 54.0 Å². The Balaban J connectivity index is 1.54. The van der Waals surface area contributed by atoms with Gasteiger partial charge in [0.15, 0.2) is 11.7 Å². The zero-order valence-corrected chi connectivity index (χ0v) is 15.2. The summed E-state index contributed by atoms with van der Waals surface area (Å²) in [5, 5.41) is 9.21. The van der Waals surface area contributed by atoms with E-state index in [2.05, 4.69) is 20.9 Å². The van der Waals surface area contributed by atoms with Gasteiger partial charge in [-0.15, -0.1) is 0 Å². The number of guanidine groups is 1. The summed E-state index contributed by atoms with van der Waals surface area (Å²) in [6.07, 6.45) is 2.29. The SMILES string of the molecule is CN=C(NCCCNC(=O)c1occc1C)NCCOc1ccccc1. The maximum Gasteiger partial charge on any atom is 0.287 e. The van der Waals surface area contributed by atoms with E-state index in [1.165, 1.54) is 6.26 Å². The smallest absolute Gasteiger partial charge is 0.287 e. The van der Waals surface area contributed by atoms with Crippen LogP contribution in [0.4, 0.5) is 0 Å². The fourth-order valence-electron chi connectivity index (χ4n) is 2.26. The number of hydrogen-bond donors (Lipinski definition) is 3. The first kappa shape index (κ1) is 19.4. The van der Waals surface area contributed by atoms with Gasteiger partial charge in [0, 0.05) is 25.7 Å². The van der Waals surface area contributed by atoms with Gasteiger partial charge in [0.05, 0.1) is 12.8 Å². The molecule has 7 heteroatoms. The molecule has 0 fully saturated rings. The third kappa shape index (κ3) is 6.51. The predicted molar refractivity (Wildman–Crippen MR) is 102 cm³/mol. The monoisotopic (exact) mass is 358 g/mol. The van der Waals surface area contributed by atoms with Gasteiger partial charge in [-0.25, -0.2) is 0 Å². The summed E-state index contributed by atoms with van der Waals surface area (Å²) in [5.74, 6) is 1.73. The van der Waals surface area contributed by atoms with Crippen molar-refractivity contribution in [3.8, 4) is 5.75 Å². The molecule has 1 heterocycles. The van der Waals surface area contributed by atoms with Crippen molar-refractivity contribution in [1.29, 1.82) is 0 Å². The average Bonchev–Trinajstić information content (AvgIpc) is 3.10. The Bertz CT molecular complexity index is 698. The highest BCUT2D eigenvalue weighted by molar-refractivity contribution is 5.92. The van der Waals surface area contributed by atoms with Crippen LogP contribution in [0.5, 0.6) is 5.75 Å². The molecule has 0 spiro atoms. The van der Waals surface area contributed by atoms with Crippen LogP contribution in [0, 0.1) is 6.92 Å². The maximum atomic E-state index is 11.9. The van der Waals surface area contributed by atoms with Crippen LogP contribution in [-0.4, -0.2) is 45.2 Å². The number of amides is 1. The molecule has 0 bridgehead atoms. The lowest BCUT2D eigenvalue weighted by Gasteiger charge is -2.12. The lowest BCUT2D eigenvalue weighted by Crippen LogP contribution is -2.40. The molecule has 0 saturated carbocycles. The molecule has 0 atom stereocenters. The molecule has 2 aromatic rings. The second-order valence-electron chi connectivity index (χ2n) is 5.63. The zero-order chi connectivity index (χ0) is 18.6. The third-order valence-electron chi connectivity index (χ3n) is 3.63. The summed E-state index contributed by atoms with van der Waals surface area (Å²) in [5.41, 5.74) is 0.836. The summed E-state index contributed by atoms with van der Waals surface area (Å²) in [7, 11) is 1.72. The molecule has 0 unspecified atom stereocenters. The minimum Gasteiger partial charge on any atom is -0.492 e. The number of hydrogen-bond acceptors (Lipinski definition) is 4. The summed E-state index contributed by atoms with van der Waals surface area (Å²) in [6, 6.07) is 11.4. The van der Waals surface area contributed by atoms with Gasteiger partial charge in [0.25, 0.3) is 5.91 Å². The van der Waals surface area contributed by atoms with E-state index in [4.69, 9.17) is 9.15 Å². The van der Waals surface area contributed by atoms with Crippen LogP contribution < -0.4 is 20.7 Å². The largest absolute Gasteiger partial charge is 0.492 e. The van der Waals surface area contributed by atoms with Crippen LogP contribution in [0.25, 0.3) is 0 Å². The Morgan fingerprint density at radius 2 is 1.81 bits per heavy atom. The Hall–Kier alpha value is -2.96. The first-order valence-corrected chi connectivity index (χ1v) is 8.65. The van der Waals surface area contributed by atoms with Crippen molar-refractivity contribution in [3.63, 3.8) is 0 Å². The summed E-state index contributed by atoms with van der Waals surface area (Å²) >= 11 is 0. The summed E-state index contributed by atoms with van der Waals surface area (Å²) in [6.45, 7) is 4.28. The molecule has 1 amide bonds. The van der Waals surface area contributed by atoms with Crippen LogP contribution in [0.3, 0.4) is 0 Å². The van der Waals surface area contributed by atoms with Gasteiger partial charge in [-0.1, -0.05) is 18.2 Å². The summed E-state index contributed by atoms with van der Waals surface area (Å²) in [4.78, 5) is 16.1. The minimum absolute atomic E-state index is 0.187. The number of carbonyl (C=O) groups is 1. The van der Waals surface area contributed by atoms with Gasteiger partial charge in [-0.2, -0.15) is 0 Å². The third-order valence-corrected chi connectivity index (χ3v) is 3.63. The molecule has 0 radical (unpaired) electrons. The fourth-order valence-corrected chi connectivity index (χ4v) is 2.26. The Kier molecular flexibility index (Phi) is 8.05. The quantitative estimate of drug-likeness (QED) is 0.362. The van der Waals surface area contributed by atoms with E-state index in [1.54, 1.807) is 13.1 Å². The molecule has 0 saturated heterocycles. The van der Waals surface area contributed by atoms with Gasteiger partial charge < -0.3 is 25.1 Å². The second kappa shape index (κ2) is 10.8. The number of rotatable bonds is 9. The van der Waals surface area contributed by atoms with E-state index >= 15 is 0 Å². The Morgan fingerprint density at radius 1 is 1.08 bits per heavy atom. The van der Waals surface area contributed by atoms with Gasteiger partial charge in [0.1, 0.15) is 12.4 Å². The van der Waals surface area contributed by atoms with Gasteiger partial charge in [0.2, 0.25) is 0 Å². The van der Waals surface area contributed by atoms with Gasteiger partial charge in [-0.05, 0) is 31.5 Å². The highest BCUT2D eigenvalue weighted by atomic mass is 16.5. The molecular formula is C19H26N4O3. The number of nitrogens with zero attached hydrogens (tertiary/aromatic N) is 1. The second-order valence-corrected chi connectivity index (χ2v) is 5.63. The highest BCUT2D eigenvalue weighted by Crippen LogP contribution is 2.08. The number of aryl methyl sites for hydroxylation is 1. The van der Waals surface area contributed by atoms with Crippen molar-refractivity contribution < 1.29 is 13.9 Å². The molecular weight excluding hydrogens is 332 g/mol. The summed E-state index contributed by atoms with van der Waals surface area (Å²) < 4.78 is 10.8. The van der Waals surface area contributed by atoms with Gasteiger partial charge >= 0.3 is 0 Å². The first-order chi connectivity index (χ1) is 12.7. The number of furan rings is 1. The molecule has 26 heavy (non-hydrogen) atoms. The van der Waals surface area contributed by atoms with Crippen LogP contribution in [0.15, 0.2) is 52.1 Å². The molecule has 2 rings (SSSR count). The van der Waals surface area contributed by atoms with E-state index in [-0.39, 0.29) is 5.91 Å². The molecule has 0 aliphatic rings. The normalized spacial score (nSPS) is 11.1. The van der Waals surface area contributed by atoms with E-state index in [1.807, 2.05) is 37.3 Å². The van der Waals surface area contributed by atoms with Gasteiger partial charge in [-0.3, -0.25) is 9.79 Å². The van der Waals surface area contributed by atoms with Crippen LogP contribution in [-0.2, 0) is 0 Å². The highest BCUT2D eigenvalue weighted by Gasteiger charge is 2.11. The zero-order valence-electron chi connectivity index (χ0n) is 15.2. The molecule has 1 aromatic carbocycles. The molecule has 140 valence electrons. The van der Waals surface area contributed by atoms with E-state index < -0.39 is 0 Å². The average molecular weight is 358 g/mol. The lowest BCUT2D eigenvalue weighted by atomic mass is 10.2. The van der Waals surface area contributed by atoms with Crippen molar-refractivity contribution in [2.75, 3.05) is 33.3 Å². The van der Waals surface area contributed by atoms with Crippen molar-refractivity contribution in [2.24, 2.45) is 4.99 Å². The van der Waals surface area contributed by atoms with Crippen molar-refractivity contribution in [1.82, 2.24) is 16.0 Å². The predicted octanol–water partition coefficient (Wildman–Crippen LogP) is 1.95. The van der Waals surface area contributed by atoms with E-state index in [0.717, 1.165) is 17.7 Å². The minimum atomic E-state index is -0.187. The van der Waals surface area contributed by atoms with Crippen LogP contribution in [0.2, 0.25) is 0 Å². The van der Waals surface area contributed by atoms with Crippen LogP contribution >= 0.6 is 0 Å². The Morgan fingerprint density at radius 3 is 2.50 bits per heavy atom. The maximum absolute atomic E-state index is 11.9. The van der Waals surface area contributed by atoms with Crippen LogP contribution in [0.1, 0.15) is 22.5 Å². The molecule has 0 aliphatic heterocycles. The molecule has 3 N–H and O–H groups in total. The molecule has 0 aliphatic carbocycles. The van der Waals surface area contributed by atoms with Crippen molar-refractivity contribution >= 4 is 11.9 Å². The number of nitrogens with one attached hydrogen (secondary N) is 3. The first-order valence-electron chi connectivity index (χ1n) is 8.65. The van der Waals surface area contributed by atoms with E-state index in [0.29, 0.717) is 38.0 Å². The standard InChI is InChI=1S/C19H26N4O3/c1-15-9-13-26-17(15)18(24)21-10-6-11-22-19(20-2)23-12-14-25-16-7-4-3-5-8-16/h3-5,7-9,13H,6,10-12,14H2,1-2H3,(H,21,24)(H2,20,22,23). The number of ether oxygens (including phenoxy) is 1. The lowest BCUT2D eigenvalue weighted by molar-refractivity contribution is 0.0925. The number of carbonyl (C=O) groups excluding carboxylic acids is 1. The fraction of sp³-hybridized carbons (Fsp3) is 0.368.